The van der Waals surface area contributed by atoms with Gasteiger partial charge in [-0.05, 0) is 66.9 Å². The van der Waals surface area contributed by atoms with Gasteiger partial charge in [0.1, 0.15) is 17.2 Å². The van der Waals surface area contributed by atoms with Gasteiger partial charge in [-0.1, -0.05) is 0 Å². The molecule has 0 saturated carbocycles. The molecule has 0 aliphatic carbocycles. The zero-order valence-electron chi connectivity index (χ0n) is 16.1. The first-order chi connectivity index (χ1) is 14.2. The summed E-state index contributed by atoms with van der Waals surface area (Å²) in [7, 11) is 0. The van der Waals surface area contributed by atoms with E-state index in [2.05, 4.69) is 16.8 Å². The van der Waals surface area contributed by atoms with Crippen LogP contribution in [-0.2, 0) is 17.7 Å². The lowest BCUT2D eigenvalue weighted by atomic mass is 10.1. The number of carbonyl (C=O) groups is 1. The Balaban J connectivity index is 1.51. The van der Waals surface area contributed by atoms with Gasteiger partial charge in [-0.15, -0.1) is 11.3 Å². The zero-order chi connectivity index (χ0) is 20.5. The molecule has 2 heterocycles. The number of rotatable bonds is 12. The van der Waals surface area contributed by atoms with Crippen molar-refractivity contribution in [2.75, 3.05) is 26.4 Å². The van der Waals surface area contributed by atoms with Crippen LogP contribution < -0.4 is 4.74 Å². The van der Waals surface area contributed by atoms with Crippen LogP contribution >= 0.6 is 11.3 Å². The lowest BCUT2D eigenvalue weighted by Crippen LogP contribution is -2.09. The van der Waals surface area contributed by atoms with E-state index in [1.165, 1.54) is 11.3 Å². The largest absolute Gasteiger partial charge is 0.491 e. The fourth-order valence-corrected chi connectivity index (χ4v) is 3.92. The van der Waals surface area contributed by atoms with E-state index in [0.29, 0.717) is 24.7 Å². The number of aromatic carboxylic acids is 1. The molecule has 29 heavy (non-hydrogen) atoms. The fourth-order valence-electron chi connectivity index (χ4n) is 3.03. The molecule has 0 aliphatic rings. The van der Waals surface area contributed by atoms with E-state index in [0.717, 1.165) is 41.3 Å². The summed E-state index contributed by atoms with van der Waals surface area (Å²) in [5, 5.41) is 17.7. The number of aryl methyl sites for hydroxylation is 2. The van der Waals surface area contributed by atoms with Crippen LogP contribution in [0.1, 0.15) is 21.0 Å². The van der Waals surface area contributed by atoms with E-state index in [1.807, 2.05) is 36.4 Å². The second kappa shape index (κ2) is 10.8. The number of aromatic nitrogens is 1. The minimum Gasteiger partial charge on any atom is -0.491 e. The van der Waals surface area contributed by atoms with E-state index in [4.69, 9.17) is 19.7 Å². The topological polar surface area (TPSA) is 80.9 Å². The van der Waals surface area contributed by atoms with Crippen molar-refractivity contribution in [3.05, 3.63) is 64.5 Å². The lowest BCUT2D eigenvalue weighted by Gasteiger charge is -2.11. The van der Waals surface area contributed by atoms with Crippen LogP contribution in [0.4, 0.5) is 0 Å². The highest BCUT2D eigenvalue weighted by Crippen LogP contribution is 2.24. The van der Waals surface area contributed by atoms with Gasteiger partial charge in [-0.25, -0.2) is 4.79 Å². The third-order valence-electron chi connectivity index (χ3n) is 4.41. The van der Waals surface area contributed by atoms with Gasteiger partial charge in [0.25, 0.3) is 0 Å². The number of carboxylic acid groups (broad SMARTS) is 1. The van der Waals surface area contributed by atoms with Gasteiger partial charge < -0.3 is 24.3 Å². The van der Waals surface area contributed by atoms with Gasteiger partial charge in [0.2, 0.25) is 0 Å². The molecule has 2 aromatic heterocycles. The third kappa shape index (κ3) is 6.19. The first-order valence-corrected chi connectivity index (χ1v) is 10.4. The van der Waals surface area contributed by atoms with E-state index < -0.39 is 5.97 Å². The number of hydrogen-bond donors (Lipinski definition) is 2. The molecule has 2 N–H and O–H groups in total. The van der Waals surface area contributed by atoms with Crippen molar-refractivity contribution in [2.24, 2.45) is 0 Å². The van der Waals surface area contributed by atoms with Crippen LogP contribution in [0.15, 0.2) is 54.7 Å². The number of thiophene rings is 1. The van der Waals surface area contributed by atoms with Crippen molar-refractivity contribution in [1.82, 2.24) is 4.57 Å². The smallest absolute Gasteiger partial charge is 0.345 e. The average molecular weight is 416 g/mol. The molecule has 0 saturated heterocycles. The minimum atomic E-state index is -0.862. The molecule has 3 rings (SSSR count). The molecule has 0 aliphatic heterocycles. The number of aliphatic hydroxyl groups excluding tert-OH is 1. The minimum absolute atomic E-state index is 0.0189. The average Bonchev–Trinajstić information content (AvgIpc) is 3.38. The molecule has 0 fully saturated rings. The van der Waals surface area contributed by atoms with Crippen LogP contribution in [0.3, 0.4) is 0 Å². The molecule has 7 heteroatoms. The second-order valence-electron chi connectivity index (χ2n) is 6.47. The molecule has 0 atom stereocenters. The van der Waals surface area contributed by atoms with Crippen molar-refractivity contribution < 1.29 is 24.5 Å². The van der Waals surface area contributed by atoms with E-state index >= 15 is 0 Å². The van der Waals surface area contributed by atoms with Gasteiger partial charge in [0, 0.05) is 23.3 Å². The Bertz CT molecular complexity index is 900. The Morgan fingerprint density at radius 2 is 1.86 bits per heavy atom. The van der Waals surface area contributed by atoms with Gasteiger partial charge >= 0.3 is 5.97 Å². The highest BCUT2D eigenvalue weighted by Gasteiger charge is 2.08. The Labute approximate surface area is 174 Å². The summed E-state index contributed by atoms with van der Waals surface area (Å²) in [4.78, 5) is 12.5. The monoisotopic (exact) mass is 415 g/mol. The van der Waals surface area contributed by atoms with Gasteiger partial charge in [0.15, 0.2) is 0 Å². The molecular formula is C22H25NO5S. The van der Waals surface area contributed by atoms with Crippen molar-refractivity contribution in [2.45, 2.75) is 19.4 Å². The molecule has 0 radical (unpaired) electrons. The maximum absolute atomic E-state index is 11.0. The quantitative estimate of drug-likeness (QED) is 0.438. The van der Waals surface area contributed by atoms with Crippen molar-refractivity contribution in [3.63, 3.8) is 0 Å². The lowest BCUT2D eigenvalue weighted by molar-refractivity contribution is 0.0702. The van der Waals surface area contributed by atoms with Crippen molar-refractivity contribution in [3.8, 4) is 17.0 Å². The summed E-state index contributed by atoms with van der Waals surface area (Å²) in [5.74, 6) is -0.0783. The molecular weight excluding hydrogens is 390 g/mol. The van der Waals surface area contributed by atoms with Crippen molar-refractivity contribution >= 4 is 17.3 Å². The third-order valence-corrected chi connectivity index (χ3v) is 5.54. The summed E-state index contributed by atoms with van der Waals surface area (Å²) in [6.45, 7) is 2.10. The second-order valence-corrected chi connectivity index (χ2v) is 7.64. The Morgan fingerprint density at radius 1 is 1.03 bits per heavy atom. The molecule has 0 unspecified atom stereocenters. The molecule has 0 bridgehead atoms. The molecule has 0 amide bonds. The summed E-state index contributed by atoms with van der Waals surface area (Å²) in [6.07, 6.45) is 3.87. The van der Waals surface area contributed by atoms with Crippen molar-refractivity contribution in [1.29, 1.82) is 0 Å². The number of carboxylic acids is 1. The standard InChI is InChI=1S/C22H25NO5S/c24-13-14-27-15-16-28-18-7-5-17(6-8-18)20-4-2-12-23(20)11-1-3-19-9-10-21(29-19)22(25)26/h2,4-10,12,24H,1,3,11,13-16H2,(H,25,26). The molecule has 154 valence electrons. The van der Waals surface area contributed by atoms with Gasteiger partial charge in [0.05, 0.1) is 19.8 Å². The number of nitrogens with zero attached hydrogens (tertiary/aromatic N) is 1. The van der Waals surface area contributed by atoms with E-state index in [1.54, 1.807) is 6.07 Å². The zero-order valence-corrected chi connectivity index (χ0v) is 16.9. The molecule has 6 nitrogen and oxygen atoms in total. The predicted octanol–water partition coefficient (Wildman–Crippen LogP) is 3.94. The maximum atomic E-state index is 11.0. The Hall–Kier alpha value is -2.61. The summed E-state index contributed by atoms with van der Waals surface area (Å²) < 4.78 is 13.0. The highest BCUT2D eigenvalue weighted by atomic mass is 32.1. The number of benzene rings is 1. The molecule has 3 aromatic rings. The fraction of sp³-hybridized carbons (Fsp3) is 0.318. The maximum Gasteiger partial charge on any atom is 0.345 e. The molecule has 1 aromatic carbocycles. The van der Waals surface area contributed by atoms with E-state index in [9.17, 15) is 4.79 Å². The van der Waals surface area contributed by atoms with Crippen LogP contribution in [0.5, 0.6) is 5.75 Å². The number of ether oxygens (including phenoxy) is 2. The predicted molar refractivity (Wildman–Crippen MR) is 113 cm³/mol. The van der Waals surface area contributed by atoms with Crippen LogP contribution in [0.2, 0.25) is 0 Å². The van der Waals surface area contributed by atoms with Crippen LogP contribution in [0.25, 0.3) is 11.3 Å². The normalized spacial score (nSPS) is 10.9. The highest BCUT2D eigenvalue weighted by molar-refractivity contribution is 7.13. The first kappa shape index (κ1) is 21.1. The Kier molecular flexibility index (Phi) is 7.86. The number of hydrogen-bond acceptors (Lipinski definition) is 5. The Morgan fingerprint density at radius 3 is 2.59 bits per heavy atom. The first-order valence-electron chi connectivity index (χ1n) is 9.56. The SMILES string of the molecule is O=C(O)c1ccc(CCCn2cccc2-c2ccc(OCCOCCO)cc2)s1. The van der Waals surface area contributed by atoms with E-state index in [-0.39, 0.29) is 6.61 Å². The van der Waals surface area contributed by atoms with Gasteiger partial charge in [-0.3, -0.25) is 0 Å². The molecule has 0 spiro atoms. The number of aliphatic hydroxyl groups is 1. The summed E-state index contributed by atoms with van der Waals surface area (Å²) >= 11 is 1.35. The summed E-state index contributed by atoms with van der Waals surface area (Å²) in [6, 6.07) is 15.7. The van der Waals surface area contributed by atoms with Crippen LogP contribution in [0, 0.1) is 0 Å². The summed E-state index contributed by atoms with van der Waals surface area (Å²) in [5.41, 5.74) is 2.25. The van der Waals surface area contributed by atoms with Gasteiger partial charge in [-0.2, -0.15) is 0 Å². The van der Waals surface area contributed by atoms with Crippen LogP contribution in [-0.4, -0.2) is 47.2 Å².